The topological polar surface area (TPSA) is 12.0 Å². The first-order valence-electron chi connectivity index (χ1n) is 6.98. The molecule has 1 unspecified atom stereocenters. The highest BCUT2D eigenvalue weighted by Crippen LogP contribution is 2.33. The minimum atomic E-state index is -0.255. The smallest absolute Gasteiger partial charge is 0.142 e. The zero-order valence-electron chi connectivity index (χ0n) is 12.1. The van der Waals surface area contributed by atoms with Gasteiger partial charge in [-0.15, -0.1) is 0 Å². The summed E-state index contributed by atoms with van der Waals surface area (Å²) in [6, 6.07) is 10.9. The first kappa shape index (κ1) is 16.5. The van der Waals surface area contributed by atoms with E-state index in [9.17, 15) is 4.39 Å². The lowest BCUT2D eigenvalue weighted by atomic mass is 9.96. The van der Waals surface area contributed by atoms with Crippen molar-refractivity contribution < 1.29 is 4.39 Å². The van der Waals surface area contributed by atoms with Gasteiger partial charge in [0.15, 0.2) is 0 Å². The van der Waals surface area contributed by atoms with Gasteiger partial charge in [0.2, 0.25) is 0 Å². The highest BCUT2D eigenvalue weighted by Gasteiger charge is 2.21. The fraction of sp³-hybridized carbons (Fsp3) is 0.294. The van der Waals surface area contributed by atoms with Gasteiger partial charge in [-0.25, -0.2) is 4.39 Å². The second kappa shape index (κ2) is 7.39. The molecule has 0 radical (unpaired) electrons. The van der Waals surface area contributed by atoms with Gasteiger partial charge in [-0.3, -0.25) is 0 Å². The molecular weight excluding hydrogens is 353 g/mol. The van der Waals surface area contributed by atoms with Gasteiger partial charge in [0.05, 0.1) is 10.5 Å². The molecule has 4 heteroatoms. The molecule has 0 aliphatic rings. The highest BCUT2D eigenvalue weighted by atomic mass is 79.9. The molecule has 1 N–H and O–H groups in total. The highest BCUT2D eigenvalue weighted by molar-refractivity contribution is 9.10. The number of halogens is 3. The van der Waals surface area contributed by atoms with Crippen LogP contribution in [0.4, 0.5) is 4.39 Å². The van der Waals surface area contributed by atoms with Crippen molar-refractivity contribution in [1.82, 2.24) is 5.32 Å². The van der Waals surface area contributed by atoms with E-state index in [4.69, 9.17) is 11.6 Å². The Hall–Kier alpha value is -0.900. The Morgan fingerprint density at radius 1 is 1.19 bits per heavy atom. The van der Waals surface area contributed by atoms with Crippen LogP contribution < -0.4 is 5.32 Å². The summed E-state index contributed by atoms with van der Waals surface area (Å²) >= 11 is 9.69. The molecule has 0 amide bonds. The molecule has 0 aromatic heterocycles. The molecule has 1 atom stereocenters. The van der Waals surface area contributed by atoms with Crippen molar-refractivity contribution in [3.63, 3.8) is 0 Å². The molecule has 0 bridgehead atoms. The first-order valence-corrected chi connectivity index (χ1v) is 8.15. The molecule has 0 saturated heterocycles. The fourth-order valence-electron chi connectivity index (χ4n) is 2.31. The van der Waals surface area contributed by atoms with Crippen molar-refractivity contribution in [2.45, 2.75) is 26.3 Å². The van der Waals surface area contributed by atoms with Crippen molar-refractivity contribution in [2.75, 3.05) is 6.54 Å². The quantitative estimate of drug-likeness (QED) is 0.718. The third-order valence-electron chi connectivity index (χ3n) is 3.42. The maximum Gasteiger partial charge on any atom is 0.142 e. The maximum absolute atomic E-state index is 14.5. The third kappa shape index (κ3) is 3.65. The fourth-order valence-corrected chi connectivity index (χ4v) is 2.93. The Morgan fingerprint density at radius 3 is 2.57 bits per heavy atom. The maximum atomic E-state index is 14.5. The van der Waals surface area contributed by atoms with E-state index in [0.29, 0.717) is 15.1 Å². The van der Waals surface area contributed by atoms with Crippen molar-refractivity contribution in [3.05, 3.63) is 68.4 Å². The van der Waals surface area contributed by atoms with Crippen molar-refractivity contribution in [1.29, 1.82) is 0 Å². The van der Waals surface area contributed by atoms with E-state index in [1.807, 2.05) is 31.2 Å². The lowest BCUT2D eigenvalue weighted by Gasteiger charge is -2.22. The molecule has 1 nitrogen and oxygen atoms in total. The number of hydrogen-bond acceptors (Lipinski definition) is 1. The van der Waals surface area contributed by atoms with E-state index in [2.05, 4.69) is 28.2 Å². The monoisotopic (exact) mass is 369 g/mol. The van der Waals surface area contributed by atoms with E-state index in [1.54, 1.807) is 12.1 Å². The Morgan fingerprint density at radius 2 is 1.86 bits per heavy atom. The molecule has 21 heavy (non-hydrogen) atoms. The van der Waals surface area contributed by atoms with E-state index in [0.717, 1.165) is 24.1 Å². The standard InChI is InChI=1S/C17H18BrClFN/c1-3-10-21-17(12-7-4-6-11(2)15(12)19)13-8-5-9-14(18)16(13)20/h4-9,17,21H,3,10H2,1-2H3. The molecule has 112 valence electrons. The minimum absolute atomic E-state index is 0.247. The van der Waals surface area contributed by atoms with Gasteiger partial charge in [0.25, 0.3) is 0 Å². The van der Waals surface area contributed by atoms with Gasteiger partial charge in [0.1, 0.15) is 5.82 Å². The predicted molar refractivity (Wildman–Crippen MR) is 90.4 cm³/mol. The molecule has 0 fully saturated rings. The molecule has 2 rings (SSSR count). The van der Waals surface area contributed by atoms with Gasteiger partial charge in [-0.05, 0) is 53.0 Å². The summed E-state index contributed by atoms with van der Waals surface area (Å²) in [7, 11) is 0. The lowest BCUT2D eigenvalue weighted by molar-refractivity contribution is 0.543. The molecular formula is C17H18BrClFN. The van der Waals surface area contributed by atoms with Crippen LogP contribution in [-0.2, 0) is 0 Å². The van der Waals surface area contributed by atoms with E-state index < -0.39 is 0 Å². The summed E-state index contributed by atoms with van der Waals surface area (Å²) < 4.78 is 14.9. The Kier molecular flexibility index (Phi) is 5.80. The number of rotatable bonds is 5. The summed E-state index contributed by atoms with van der Waals surface area (Å²) in [6.07, 6.45) is 0.968. The van der Waals surface area contributed by atoms with Crippen LogP contribution in [0.25, 0.3) is 0 Å². The molecule has 0 saturated carbocycles. The Balaban J connectivity index is 2.52. The normalized spacial score (nSPS) is 12.4. The summed E-state index contributed by atoms with van der Waals surface area (Å²) in [4.78, 5) is 0. The Bertz CT molecular complexity index is 579. The molecule has 0 aliphatic heterocycles. The van der Waals surface area contributed by atoms with Crippen LogP contribution in [0.2, 0.25) is 5.02 Å². The number of hydrogen-bond donors (Lipinski definition) is 1. The van der Waals surface area contributed by atoms with Crippen LogP contribution in [0.3, 0.4) is 0 Å². The van der Waals surface area contributed by atoms with E-state index in [1.165, 1.54) is 0 Å². The van der Waals surface area contributed by atoms with Crippen molar-refractivity contribution >= 4 is 27.5 Å². The van der Waals surface area contributed by atoms with Crippen LogP contribution in [0.15, 0.2) is 40.9 Å². The largest absolute Gasteiger partial charge is 0.306 e. The number of benzene rings is 2. The van der Waals surface area contributed by atoms with Crippen LogP contribution >= 0.6 is 27.5 Å². The van der Waals surface area contributed by atoms with Gasteiger partial charge in [-0.1, -0.05) is 48.9 Å². The number of aryl methyl sites for hydroxylation is 1. The zero-order valence-corrected chi connectivity index (χ0v) is 14.4. The molecule has 0 aliphatic carbocycles. The molecule has 0 heterocycles. The number of nitrogens with one attached hydrogen (secondary N) is 1. The SMILES string of the molecule is CCCNC(c1cccc(Br)c1F)c1cccc(C)c1Cl. The molecule has 2 aromatic carbocycles. The summed E-state index contributed by atoms with van der Waals surface area (Å²) in [6.45, 7) is 4.83. The van der Waals surface area contributed by atoms with E-state index in [-0.39, 0.29) is 11.9 Å². The summed E-state index contributed by atoms with van der Waals surface area (Å²) in [5.41, 5.74) is 2.50. The van der Waals surface area contributed by atoms with E-state index >= 15 is 0 Å². The zero-order chi connectivity index (χ0) is 15.4. The lowest BCUT2D eigenvalue weighted by Crippen LogP contribution is -2.24. The van der Waals surface area contributed by atoms with Crippen LogP contribution in [0.1, 0.15) is 36.1 Å². The predicted octanol–water partition coefficient (Wildman–Crippen LogP) is 5.64. The van der Waals surface area contributed by atoms with Crippen LogP contribution in [0, 0.1) is 12.7 Å². The van der Waals surface area contributed by atoms with Crippen molar-refractivity contribution in [3.8, 4) is 0 Å². The first-order chi connectivity index (χ1) is 10.1. The molecule has 2 aromatic rings. The minimum Gasteiger partial charge on any atom is -0.306 e. The molecule has 0 spiro atoms. The average molecular weight is 371 g/mol. The second-order valence-electron chi connectivity index (χ2n) is 5.01. The summed E-state index contributed by atoms with van der Waals surface area (Å²) in [5.74, 6) is -0.247. The Labute approximate surface area is 138 Å². The van der Waals surface area contributed by atoms with Crippen molar-refractivity contribution in [2.24, 2.45) is 0 Å². The van der Waals surface area contributed by atoms with Gasteiger partial charge < -0.3 is 5.32 Å². The van der Waals surface area contributed by atoms with Gasteiger partial charge >= 0.3 is 0 Å². The summed E-state index contributed by atoms with van der Waals surface area (Å²) in [5, 5.41) is 4.08. The van der Waals surface area contributed by atoms with Crippen LogP contribution in [0.5, 0.6) is 0 Å². The van der Waals surface area contributed by atoms with Gasteiger partial charge in [-0.2, -0.15) is 0 Å². The third-order valence-corrected chi connectivity index (χ3v) is 4.55. The average Bonchev–Trinajstić information content (AvgIpc) is 2.47. The van der Waals surface area contributed by atoms with Crippen LogP contribution in [-0.4, -0.2) is 6.54 Å². The second-order valence-corrected chi connectivity index (χ2v) is 6.24. The van der Waals surface area contributed by atoms with Gasteiger partial charge in [0, 0.05) is 10.6 Å².